The van der Waals surface area contributed by atoms with Crippen LogP contribution < -0.4 is 0 Å². The van der Waals surface area contributed by atoms with Gasteiger partial charge in [0.05, 0.1) is 12.0 Å². The van der Waals surface area contributed by atoms with Gasteiger partial charge >= 0.3 is 0 Å². The molecule has 1 amide bonds. The Labute approximate surface area is 164 Å². The third-order valence-corrected chi connectivity index (χ3v) is 5.65. The summed E-state index contributed by atoms with van der Waals surface area (Å²) < 4.78 is 7.73. The van der Waals surface area contributed by atoms with E-state index in [1.54, 1.807) is 23.3 Å². The van der Waals surface area contributed by atoms with Crippen molar-refractivity contribution in [2.45, 2.75) is 43.3 Å². The van der Waals surface area contributed by atoms with E-state index >= 15 is 0 Å². The first-order chi connectivity index (χ1) is 13.2. The van der Waals surface area contributed by atoms with Gasteiger partial charge in [0, 0.05) is 19.1 Å². The first-order valence-electron chi connectivity index (χ1n) is 9.35. The molecule has 0 saturated heterocycles. The Balaban J connectivity index is 1.79. The van der Waals surface area contributed by atoms with Crippen molar-refractivity contribution in [2.24, 2.45) is 0 Å². The average Bonchev–Trinajstić information content (AvgIpc) is 3.36. The lowest BCUT2D eigenvalue weighted by atomic mass is 9.95. The molecule has 0 N–H and O–H groups in total. The lowest BCUT2D eigenvalue weighted by molar-refractivity contribution is -0.127. The second-order valence-electron chi connectivity index (χ2n) is 6.61. The zero-order chi connectivity index (χ0) is 19.1. The van der Waals surface area contributed by atoms with Crippen molar-refractivity contribution < 1.29 is 9.21 Å². The number of thioether (sulfide) groups is 1. The van der Waals surface area contributed by atoms with Gasteiger partial charge in [-0.1, -0.05) is 43.2 Å². The van der Waals surface area contributed by atoms with Crippen molar-refractivity contribution in [3.63, 3.8) is 0 Å². The normalized spacial score (nSPS) is 14.8. The molecule has 2 aromatic rings. The summed E-state index contributed by atoms with van der Waals surface area (Å²) >= 11 is 1.43. The number of rotatable bonds is 9. The number of hydrogen-bond donors (Lipinski definition) is 0. The number of nitrogens with zero attached hydrogens (tertiary/aromatic N) is 4. The summed E-state index contributed by atoms with van der Waals surface area (Å²) in [6.45, 7) is 8.46. The second-order valence-corrected chi connectivity index (χ2v) is 7.55. The van der Waals surface area contributed by atoms with Crippen molar-refractivity contribution in [1.82, 2.24) is 19.7 Å². The van der Waals surface area contributed by atoms with Crippen LogP contribution in [-0.4, -0.2) is 44.4 Å². The summed E-state index contributed by atoms with van der Waals surface area (Å²) in [7, 11) is 0. The first kappa shape index (κ1) is 19.5. The molecule has 2 aromatic heterocycles. The summed E-state index contributed by atoms with van der Waals surface area (Å²) in [5, 5.41) is 9.52. The van der Waals surface area contributed by atoms with Gasteiger partial charge in [-0.15, -0.1) is 23.4 Å². The Hall–Kier alpha value is -2.28. The number of carbonyl (C=O) groups is 1. The molecule has 6 nitrogen and oxygen atoms in total. The van der Waals surface area contributed by atoms with E-state index in [2.05, 4.69) is 27.9 Å². The number of aromatic nitrogens is 3. The minimum Gasteiger partial charge on any atom is -0.461 e. The largest absolute Gasteiger partial charge is 0.461 e. The molecule has 0 aliphatic heterocycles. The molecule has 7 heteroatoms. The topological polar surface area (TPSA) is 64.2 Å². The molecular formula is C20H26N4O2S. The SMILES string of the molecule is C=CCN(CC=C)C(=O)CSc1nnc(-c2ccco2)n1C1CCCCC1. The number of furan rings is 1. The molecular weight excluding hydrogens is 360 g/mol. The summed E-state index contributed by atoms with van der Waals surface area (Å²) in [4.78, 5) is 14.3. The van der Waals surface area contributed by atoms with Crippen molar-refractivity contribution in [3.8, 4) is 11.6 Å². The Morgan fingerprint density at radius 2 is 2.00 bits per heavy atom. The minimum atomic E-state index is 0.0394. The maximum atomic E-state index is 12.6. The maximum absolute atomic E-state index is 12.6. The van der Waals surface area contributed by atoms with Gasteiger partial charge in [0.2, 0.25) is 11.7 Å². The summed E-state index contributed by atoms with van der Waals surface area (Å²) in [6.07, 6.45) is 11.0. The Morgan fingerprint density at radius 3 is 2.63 bits per heavy atom. The van der Waals surface area contributed by atoms with E-state index in [-0.39, 0.29) is 5.91 Å². The van der Waals surface area contributed by atoms with Crippen LogP contribution in [0.25, 0.3) is 11.6 Å². The van der Waals surface area contributed by atoms with E-state index in [0.29, 0.717) is 30.6 Å². The van der Waals surface area contributed by atoms with Crippen LogP contribution in [0.5, 0.6) is 0 Å². The zero-order valence-corrected chi connectivity index (χ0v) is 16.4. The van der Waals surface area contributed by atoms with Crippen LogP contribution in [0.3, 0.4) is 0 Å². The fraction of sp³-hybridized carbons (Fsp3) is 0.450. The van der Waals surface area contributed by atoms with Crippen LogP contribution in [0, 0.1) is 0 Å². The van der Waals surface area contributed by atoms with Crippen molar-refractivity contribution in [1.29, 1.82) is 0 Å². The van der Waals surface area contributed by atoms with Gasteiger partial charge in [-0.3, -0.25) is 9.36 Å². The molecule has 0 aromatic carbocycles. The summed E-state index contributed by atoms with van der Waals surface area (Å²) in [6, 6.07) is 4.11. The monoisotopic (exact) mass is 386 g/mol. The standard InChI is InChI=1S/C20H26N4O2S/c1-3-12-23(13-4-2)18(25)15-27-20-22-21-19(17-11-8-14-26-17)24(20)16-9-6-5-7-10-16/h3-4,8,11,14,16H,1-2,5-7,9-10,12-13,15H2. The van der Waals surface area contributed by atoms with Gasteiger partial charge in [0.25, 0.3) is 0 Å². The van der Waals surface area contributed by atoms with Gasteiger partial charge in [-0.2, -0.15) is 0 Å². The van der Waals surface area contributed by atoms with E-state index in [0.717, 1.165) is 23.8 Å². The predicted octanol–water partition coefficient (Wildman–Crippen LogP) is 4.34. The molecule has 3 rings (SSSR count). The average molecular weight is 387 g/mol. The van der Waals surface area contributed by atoms with Crippen LogP contribution in [0.2, 0.25) is 0 Å². The van der Waals surface area contributed by atoms with Gasteiger partial charge in [0.1, 0.15) is 0 Å². The van der Waals surface area contributed by atoms with Gasteiger partial charge in [0.15, 0.2) is 10.9 Å². The lowest BCUT2D eigenvalue weighted by Crippen LogP contribution is -2.32. The molecule has 1 fully saturated rings. The van der Waals surface area contributed by atoms with E-state index in [9.17, 15) is 4.79 Å². The highest BCUT2D eigenvalue weighted by atomic mass is 32.2. The highest BCUT2D eigenvalue weighted by molar-refractivity contribution is 7.99. The highest BCUT2D eigenvalue weighted by Crippen LogP contribution is 2.35. The lowest BCUT2D eigenvalue weighted by Gasteiger charge is -2.25. The Kier molecular flexibility index (Phi) is 6.92. The predicted molar refractivity (Wildman–Crippen MR) is 108 cm³/mol. The van der Waals surface area contributed by atoms with Crippen LogP contribution in [0.4, 0.5) is 0 Å². The Bertz CT molecular complexity index is 753. The summed E-state index contributed by atoms with van der Waals surface area (Å²) in [5.41, 5.74) is 0. The van der Waals surface area contributed by atoms with Gasteiger partial charge < -0.3 is 9.32 Å². The highest BCUT2D eigenvalue weighted by Gasteiger charge is 2.25. The number of hydrogen-bond acceptors (Lipinski definition) is 5. The van der Waals surface area contributed by atoms with Crippen LogP contribution >= 0.6 is 11.8 Å². The molecule has 2 heterocycles. The molecule has 0 atom stereocenters. The van der Waals surface area contributed by atoms with Crippen LogP contribution in [0.1, 0.15) is 38.1 Å². The zero-order valence-electron chi connectivity index (χ0n) is 15.5. The van der Waals surface area contributed by atoms with Crippen LogP contribution in [0.15, 0.2) is 53.3 Å². The third kappa shape index (κ3) is 4.71. The fourth-order valence-electron chi connectivity index (χ4n) is 3.43. The summed E-state index contributed by atoms with van der Waals surface area (Å²) in [5.74, 6) is 1.81. The molecule has 0 radical (unpaired) electrons. The molecule has 0 unspecified atom stereocenters. The van der Waals surface area contributed by atoms with Crippen molar-refractivity contribution in [2.75, 3.05) is 18.8 Å². The van der Waals surface area contributed by atoms with E-state index in [1.807, 2.05) is 12.1 Å². The molecule has 1 aliphatic carbocycles. The smallest absolute Gasteiger partial charge is 0.233 e. The van der Waals surface area contributed by atoms with E-state index in [1.165, 1.54) is 31.0 Å². The third-order valence-electron chi connectivity index (χ3n) is 4.72. The van der Waals surface area contributed by atoms with Gasteiger partial charge in [-0.05, 0) is 25.0 Å². The minimum absolute atomic E-state index is 0.0394. The van der Waals surface area contributed by atoms with Crippen LogP contribution in [-0.2, 0) is 4.79 Å². The number of carbonyl (C=O) groups excluding carboxylic acids is 1. The van der Waals surface area contributed by atoms with Crippen molar-refractivity contribution >= 4 is 17.7 Å². The quantitative estimate of drug-likeness (QED) is 0.474. The molecule has 27 heavy (non-hydrogen) atoms. The molecule has 0 spiro atoms. The molecule has 0 bridgehead atoms. The number of amides is 1. The molecule has 1 aliphatic rings. The molecule has 1 saturated carbocycles. The first-order valence-corrected chi connectivity index (χ1v) is 10.3. The maximum Gasteiger partial charge on any atom is 0.233 e. The van der Waals surface area contributed by atoms with Gasteiger partial charge in [-0.25, -0.2) is 0 Å². The van der Waals surface area contributed by atoms with E-state index < -0.39 is 0 Å². The fourth-order valence-corrected chi connectivity index (χ4v) is 4.33. The van der Waals surface area contributed by atoms with E-state index in [4.69, 9.17) is 4.42 Å². The molecule has 144 valence electrons. The second kappa shape index (κ2) is 9.60. The Morgan fingerprint density at radius 1 is 1.26 bits per heavy atom. The van der Waals surface area contributed by atoms with Crippen molar-refractivity contribution in [3.05, 3.63) is 43.7 Å².